The van der Waals surface area contributed by atoms with E-state index >= 15 is 0 Å². The smallest absolute Gasteiger partial charge is 0.154 e. The molecule has 110 valence electrons. The Morgan fingerprint density at radius 3 is 2.86 bits per heavy atom. The molecule has 0 fully saturated rings. The zero-order chi connectivity index (χ0) is 14.9. The Bertz CT molecular complexity index is 783. The molecule has 0 amide bonds. The second-order valence-electron chi connectivity index (χ2n) is 4.97. The largest absolute Gasteiger partial charge is 0.248 e. The predicted molar refractivity (Wildman–Crippen MR) is 76.8 cm³/mol. The molecule has 0 spiro atoms. The number of allylic oxidation sites excluding steroid dienone is 1. The van der Waals surface area contributed by atoms with Crippen LogP contribution in [0, 0.1) is 5.82 Å². The summed E-state index contributed by atoms with van der Waals surface area (Å²) < 4.78 is 38.8. The van der Waals surface area contributed by atoms with Crippen molar-refractivity contribution < 1.29 is 12.8 Å². The van der Waals surface area contributed by atoms with E-state index in [1.165, 1.54) is 6.07 Å². The van der Waals surface area contributed by atoms with Gasteiger partial charge in [0.1, 0.15) is 5.82 Å². The maximum absolute atomic E-state index is 14.2. The Hall–Kier alpha value is -2.02. The topological polar surface area (TPSA) is 64.8 Å². The Kier molecular flexibility index (Phi) is 3.59. The van der Waals surface area contributed by atoms with Gasteiger partial charge in [-0.25, -0.2) is 17.5 Å². The number of nitrogens with zero attached hydrogens (tertiary/aromatic N) is 3. The van der Waals surface area contributed by atoms with Crippen LogP contribution in [0.1, 0.15) is 17.5 Å². The normalized spacial score (nSPS) is 17.5. The summed E-state index contributed by atoms with van der Waals surface area (Å²) in [7, 11) is -3.03. The van der Waals surface area contributed by atoms with Crippen LogP contribution in [-0.4, -0.2) is 34.9 Å². The molecule has 0 aliphatic carbocycles. The van der Waals surface area contributed by atoms with Crippen molar-refractivity contribution in [2.24, 2.45) is 0 Å². The first-order chi connectivity index (χ1) is 10.1. The molecule has 0 radical (unpaired) electrons. The molecule has 1 aliphatic heterocycles. The molecule has 21 heavy (non-hydrogen) atoms. The first kappa shape index (κ1) is 13.9. The number of halogens is 1. The fraction of sp³-hybridized carbons (Fsp3) is 0.286. The van der Waals surface area contributed by atoms with E-state index in [0.29, 0.717) is 18.5 Å². The molecule has 0 unspecified atom stereocenters. The fourth-order valence-electron chi connectivity index (χ4n) is 2.46. The average Bonchev–Trinajstić information content (AvgIpc) is 2.93. The van der Waals surface area contributed by atoms with E-state index in [4.69, 9.17) is 0 Å². The van der Waals surface area contributed by atoms with Crippen LogP contribution in [0.3, 0.4) is 0 Å². The molecule has 1 aromatic carbocycles. The number of benzene rings is 1. The molecule has 3 rings (SSSR count). The first-order valence-corrected chi connectivity index (χ1v) is 8.39. The zero-order valence-electron chi connectivity index (χ0n) is 11.2. The highest BCUT2D eigenvalue weighted by Crippen LogP contribution is 2.29. The second-order valence-corrected chi connectivity index (χ2v) is 7.20. The quantitative estimate of drug-likeness (QED) is 0.865. The molecule has 0 atom stereocenters. The second kappa shape index (κ2) is 5.40. The summed E-state index contributed by atoms with van der Waals surface area (Å²) in [5.41, 5.74) is 2.01. The molecule has 7 heteroatoms. The molecule has 0 saturated carbocycles. The number of aromatic nitrogens is 3. The van der Waals surface area contributed by atoms with Gasteiger partial charge >= 0.3 is 0 Å². The van der Waals surface area contributed by atoms with Crippen LogP contribution in [0.2, 0.25) is 0 Å². The summed E-state index contributed by atoms with van der Waals surface area (Å²) in [6.07, 6.45) is 5.22. The van der Waals surface area contributed by atoms with Crippen molar-refractivity contribution in [1.82, 2.24) is 15.0 Å². The van der Waals surface area contributed by atoms with Crippen molar-refractivity contribution in [3.8, 4) is 0 Å². The minimum absolute atomic E-state index is 0.0283. The number of hydrogen-bond acceptors (Lipinski definition) is 4. The fourth-order valence-corrected chi connectivity index (χ4v) is 3.61. The van der Waals surface area contributed by atoms with Crippen LogP contribution < -0.4 is 0 Å². The van der Waals surface area contributed by atoms with Gasteiger partial charge < -0.3 is 0 Å². The van der Waals surface area contributed by atoms with Gasteiger partial charge in [0.25, 0.3) is 0 Å². The van der Waals surface area contributed by atoms with Gasteiger partial charge in [-0.1, -0.05) is 23.4 Å². The van der Waals surface area contributed by atoms with Gasteiger partial charge in [-0.3, -0.25) is 0 Å². The molecular formula is C14H14FN3O2S. The van der Waals surface area contributed by atoms with Crippen LogP contribution in [-0.2, 0) is 16.4 Å². The standard InChI is InChI=1S/C14H14FN3O2S/c15-13-3-1-2-12(10-18-7-6-16-17-18)14(13)11-4-8-21(19,20)9-5-11/h1-4,6-7H,5,8-10H2. The van der Waals surface area contributed by atoms with E-state index in [-0.39, 0.29) is 17.3 Å². The highest BCUT2D eigenvalue weighted by Gasteiger charge is 2.21. The maximum Gasteiger partial charge on any atom is 0.154 e. The SMILES string of the molecule is O=S1(=O)CC=C(c2c(F)cccc2Cn2ccnn2)CC1. The van der Waals surface area contributed by atoms with E-state index in [0.717, 1.165) is 11.1 Å². The van der Waals surface area contributed by atoms with Crippen LogP contribution >= 0.6 is 0 Å². The lowest BCUT2D eigenvalue weighted by molar-refractivity contribution is 0.595. The van der Waals surface area contributed by atoms with Gasteiger partial charge in [0, 0.05) is 11.8 Å². The minimum atomic E-state index is -3.03. The van der Waals surface area contributed by atoms with Crippen molar-refractivity contribution in [1.29, 1.82) is 0 Å². The number of rotatable bonds is 3. The Morgan fingerprint density at radius 2 is 2.19 bits per heavy atom. The highest BCUT2D eigenvalue weighted by atomic mass is 32.2. The van der Waals surface area contributed by atoms with Gasteiger partial charge in [0.2, 0.25) is 0 Å². The molecule has 1 aromatic heterocycles. The van der Waals surface area contributed by atoms with E-state index in [1.54, 1.807) is 29.2 Å². The summed E-state index contributed by atoms with van der Waals surface area (Å²) in [4.78, 5) is 0. The summed E-state index contributed by atoms with van der Waals surface area (Å²) in [6.45, 7) is 0.400. The average molecular weight is 307 g/mol. The maximum atomic E-state index is 14.2. The van der Waals surface area contributed by atoms with Crippen LogP contribution in [0.4, 0.5) is 4.39 Å². The van der Waals surface area contributed by atoms with Crippen molar-refractivity contribution in [3.05, 3.63) is 53.6 Å². The summed E-state index contributed by atoms with van der Waals surface area (Å²) in [5, 5.41) is 7.61. The van der Waals surface area contributed by atoms with E-state index < -0.39 is 9.84 Å². The van der Waals surface area contributed by atoms with E-state index in [2.05, 4.69) is 10.3 Å². The Labute approximate surface area is 122 Å². The molecular weight excluding hydrogens is 293 g/mol. The Morgan fingerprint density at radius 1 is 1.33 bits per heavy atom. The van der Waals surface area contributed by atoms with Crippen molar-refractivity contribution in [2.45, 2.75) is 13.0 Å². The third-order valence-corrected chi connectivity index (χ3v) is 4.99. The van der Waals surface area contributed by atoms with E-state index in [1.807, 2.05) is 6.07 Å². The third kappa shape index (κ3) is 3.02. The van der Waals surface area contributed by atoms with Gasteiger partial charge in [0.05, 0.1) is 24.2 Å². The molecule has 1 aliphatic rings. The van der Waals surface area contributed by atoms with Crippen molar-refractivity contribution >= 4 is 15.4 Å². The van der Waals surface area contributed by atoms with Gasteiger partial charge in [0.15, 0.2) is 9.84 Å². The zero-order valence-corrected chi connectivity index (χ0v) is 12.1. The summed E-state index contributed by atoms with van der Waals surface area (Å²) >= 11 is 0. The highest BCUT2D eigenvalue weighted by molar-refractivity contribution is 7.91. The molecule has 0 saturated heterocycles. The van der Waals surface area contributed by atoms with Gasteiger partial charge in [-0.15, -0.1) is 5.10 Å². The van der Waals surface area contributed by atoms with Crippen molar-refractivity contribution in [3.63, 3.8) is 0 Å². The lowest BCUT2D eigenvalue weighted by atomic mass is 9.96. The van der Waals surface area contributed by atoms with Crippen LogP contribution in [0.5, 0.6) is 0 Å². The lowest BCUT2D eigenvalue weighted by Crippen LogP contribution is -2.16. The lowest BCUT2D eigenvalue weighted by Gasteiger charge is -2.17. The first-order valence-electron chi connectivity index (χ1n) is 6.56. The van der Waals surface area contributed by atoms with Gasteiger partial charge in [-0.2, -0.15) is 0 Å². The molecule has 5 nitrogen and oxygen atoms in total. The van der Waals surface area contributed by atoms with E-state index in [9.17, 15) is 12.8 Å². The minimum Gasteiger partial charge on any atom is -0.248 e. The third-order valence-electron chi connectivity index (χ3n) is 3.49. The number of hydrogen-bond donors (Lipinski definition) is 0. The number of sulfone groups is 1. The summed E-state index contributed by atoms with van der Waals surface area (Å²) in [6, 6.07) is 4.86. The molecule has 0 N–H and O–H groups in total. The van der Waals surface area contributed by atoms with Crippen LogP contribution in [0.15, 0.2) is 36.7 Å². The molecule has 2 heterocycles. The molecule has 0 bridgehead atoms. The summed E-state index contributed by atoms with van der Waals surface area (Å²) in [5.74, 6) is -0.298. The monoisotopic (exact) mass is 307 g/mol. The van der Waals surface area contributed by atoms with Crippen molar-refractivity contribution in [2.75, 3.05) is 11.5 Å². The Balaban J connectivity index is 2.00. The predicted octanol–water partition coefficient (Wildman–Crippen LogP) is 1.67. The van der Waals surface area contributed by atoms with Gasteiger partial charge in [-0.05, 0) is 23.6 Å². The molecule has 2 aromatic rings. The van der Waals surface area contributed by atoms with Crippen LogP contribution in [0.25, 0.3) is 5.57 Å².